The van der Waals surface area contributed by atoms with Gasteiger partial charge in [0.25, 0.3) is 0 Å². The summed E-state index contributed by atoms with van der Waals surface area (Å²) in [6, 6.07) is 1.76. The second-order valence-electron chi connectivity index (χ2n) is 5.80. The largest absolute Gasteiger partial charge is 0.465 e. The Hall–Kier alpha value is -2.15. The van der Waals surface area contributed by atoms with E-state index < -0.39 is 0 Å². The van der Waals surface area contributed by atoms with Crippen LogP contribution in [0.1, 0.15) is 34.1 Å². The number of nitrogens with one attached hydrogen (secondary N) is 1. The van der Waals surface area contributed by atoms with Gasteiger partial charge >= 0.3 is 5.97 Å². The Bertz CT molecular complexity index is 721. The van der Waals surface area contributed by atoms with Crippen molar-refractivity contribution in [1.82, 2.24) is 9.78 Å². The predicted octanol–water partition coefficient (Wildman–Crippen LogP) is 2.49. The van der Waals surface area contributed by atoms with Crippen molar-refractivity contribution in [2.75, 3.05) is 12.4 Å². The van der Waals surface area contributed by atoms with Crippen LogP contribution in [0.15, 0.2) is 18.5 Å². The number of aromatic nitrogens is 2. The summed E-state index contributed by atoms with van der Waals surface area (Å²) in [7, 11) is 1.37. The summed E-state index contributed by atoms with van der Waals surface area (Å²) in [5.41, 5.74) is 1.56. The number of ether oxygens (including phenoxy) is 1. The molecule has 0 fully saturated rings. The molecule has 1 atom stereocenters. The number of rotatable bonds is 4. The van der Waals surface area contributed by atoms with E-state index in [0.29, 0.717) is 16.5 Å². The first-order valence-corrected chi connectivity index (χ1v) is 8.40. The Labute approximate surface area is 138 Å². The van der Waals surface area contributed by atoms with Crippen LogP contribution in [0, 0.1) is 5.92 Å². The number of esters is 1. The lowest BCUT2D eigenvalue weighted by molar-refractivity contribution is -0.116. The van der Waals surface area contributed by atoms with E-state index in [9.17, 15) is 9.59 Å². The molecular formula is C16H19N3O3S. The highest BCUT2D eigenvalue weighted by molar-refractivity contribution is 7.17. The molecule has 7 heteroatoms. The van der Waals surface area contributed by atoms with Crippen LogP contribution in [0.3, 0.4) is 0 Å². The summed E-state index contributed by atoms with van der Waals surface area (Å²) in [6.45, 7) is 2.32. The molecule has 0 radical (unpaired) electrons. The van der Waals surface area contributed by atoms with E-state index in [1.807, 2.05) is 0 Å². The molecule has 1 aliphatic rings. The summed E-state index contributed by atoms with van der Waals surface area (Å²) in [6.07, 6.45) is 6.19. The van der Waals surface area contributed by atoms with Crippen LogP contribution in [-0.4, -0.2) is 28.8 Å². The number of thiophene rings is 1. The van der Waals surface area contributed by atoms with Gasteiger partial charge in [0.2, 0.25) is 5.91 Å². The normalized spacial score (nSPS) is 16.7. The van der Waals surface area contributed by atoms with Gasteiger partial charge in [-0.2, -0.15) is 5.10 Å². The van der Waals surface area contributed by atoms with E-state index in [1.165, 1.54) is 23.3 Å². The summed E-state index contributed by atoms with van der Waals surface area (Å²) in [4.78, 5) is 25.5. The van der Waals surface area contributed by atoms with Gasteiger partial charge in [-0.25, -0.2) is 4.79 Å². The number of methoxy groups -OCH3 is 1. The highest BCUT2D eigenvalue weighted by atomic mass is 32.1. The summed E-state index contributed by atoms with van der Waals surface area (Å²) >= 11 is 1.49. The van der Waals surface area contributed by atoms with Crippen molar-refractivity contribution in [3.63, 3.8) is 0 Å². The molecule has 3 rings (SSSR count). The molecule has 1 unspecified atom stereocenters. The second kappa shape index (κ2) is 6.54. The van der Waals surface area contributed by atoms with Gasteiger partial charge in [0, 0.05) is 17.3 Å². The molecule has 2 aromatic rings. The Balaban J connectivity index is 1.85. The van der Waals surface area contributed by atoms with Crippen LogP contribution in [0.5, 0.6) is 0 Å². The summed E-state index contributed by atoms with van der Waals surface area (Å²) in [5.74, 6) is 0.0104. The highest BCUT2D eigenvalue weighted by Crippen LogP contribution is 2.40. The van der Waals surface area contributed by atoms with Gasteiger partial charge in [-0.15, -0.1) is 11.3 Å². The molecule has 0 bridgehead atoms. The van der Waals surface area contributed by atoms with Gasteiger partial charge in [0.15, 0.2) is 0 Å². The molecule has 0 aromatic carbocycles. The molecule has 23 heavy (non-hydrogen) atoms. The molecule has 1 aliphatic carbocycles. The molecule has 0 aliphatic heterocycles. The third kappa shape index (κ3) is 3.29. The van der Waals surface area contributed by atoms with Gasteiger partial charge in [-0.05, 0) is 36.8 Å². The topological polar surface area (TPSA) is 73.2 Å². The molecule has 0 saturated heterocycles. The lowest BCUT2D eigenvalue weighted by atomic mass is 9.88. The number of hydrogen-bond donors (Lipinski definition) is 1. The van der Waals surface area contributed by atoms with Crippen LogP contribution in [-0.2, 0) is 28.9 Å². The standard InChI is InChI=1S/C16H19N3O3S/c1-10-4-5-11-12(8-10)23-15(14(11)16(21)22-2)18-13(20)9-19-7-3-6-17-19/h3,6-7,10H,4-5,8-9H2,1-2H3,(H,18,20). The zero-order valence-corrected chi connectivity index (χ0v) is 14.0. The first-order chi connectivity index (χ1) is 11.1. The minimum atomic E-state index is -0.383. The maximum absolute atomic E-state index is 12.2. The molecule has 1 N–H and O–H groups in total. The average Bonchev–Trinajstić information content (AvgIpc) is 3.13. The Morgan fingerprint density at radius 3 is 3.04 bits per heavy atom. The molecule has 0 spiro atoms. The number of nitrogens with zero attached hydrogens (tertiary/aromatic N) is 2. The van der Waals surface area contributed by atoms with Crippen molar-refractivity contribution in [3.8, 4) is 0 Å². The van der Waals surface area contributed by atoms with Crippen LogP contribution in [0.4, 0.5) is 5.00 Å². The Kier molecular flexibility index (Phi) is 4.47. The zero-order chi connectivity index (χ0) is 16.4. The fraction of sp³-hybridized carbons (Fsp3) is 0.438. The second-order valence-corrected chi connectivity index (χ2v) is 6.90. The third-order valence-corrected chi connectivity index (χ3v) is 5.19. The van der Waals surface area contributed by atoms with Crippen LogP contribution in [0.25, 0.3) is 0 Å². The van der Waals surface area contributed by atoms with E-state index in [4.69, 9.17) is 4.74 Å². The van der Waals surface area contributed by atoms with Crippen molar-refractivity contribution in [2.45, 2.75) is 32.7 Å². The van der Waals surface area contributed by atoms with E-state index >= 15 is 0 Å². The van der Waals surface area contributed by atoms with Crippen molar-refractivity contribution < 1.29 is 14.3 Å². The summed E-state index contributed by atoms with van der Waals surface area (Å²) in [5, 5.41) is 7.46. The highest BCUT2D eigenvalue weighted by Gasteiger charge is 2.28. The maximum Gasteiger partial charge on any atom is 0.341 e. The number of hydrogen-bond acceptors (Lipinski definition) is 5. The van der Waals surface area contributed by atoms with Crippen molar-refractivity contribution in [2.24, 2.45) is 5.92 Å². The van der Waals surface area contributed by atoms with Crippen LogP contribution in [0.2, 0.25) is 0 Å². The lowest BCUT2D eigenvalue weighted by Gasteiger charge is -2.18. The van der Waals surface area contributed by atoms with Gasteiger partial charge < -0.3 is 10.1 Å². The molecule has 122 valence electrons. The van der Waals surface area contributed by atoms with E-state index in [2.05, 4.69) is 17.3 Å². The Morgan fingerprint density at radius 2 is 2.35 bits per heavy atom. The SMILES string of the molecule is COC(=O)c1c(NC(=O)Cn2cccn2)sc2c1CCC(C)C2. The van der Waals surface area contributed by atoms with Crippen molar-refractivity contribution in [1.29, 1.82) is 0 Å². The fourth-order valence-corrected chi connectivity index (χ4v) is 4.28. The molecule has 6 nitrogen and oxygen atoms in total. The Morgan fingerprint density at radius 1 is 1.52 bits per heavy atom. The predicted molar refractivity (Wildman–Crippen MR) is 87.7 cm³/mol. The molecular weight excluding hydrogens is 314 g/mol. The molecule has 0 saturated carbocycles. The minimum Gasteiger partial charge on any atom is -0.465 e. The fourth-order valence-electron chi connectivity index (χ4n) is 2.86. The minimum absolute atomic E-state index is 0.118. The number of carbonyl (C=O) groups excluding carboxylic acids is 2. The van der Waals surface area contributed by atoms with Gasteiger partial charge in [-0.3, -0.25) is 9.48 Å². The monoisotopic (exact) mass is 333 g/mol. The first kappa shape index (κ1) is 15.7. The lowest BCUT2D eigenvalue weighted by Crippen LogP contribution is -2.20. The number of carbonyl (C=O) groups is 2. The van der Waals surface area contributed by atoms with Crippen LogP contribution >= 0.6 is 11.3 Å². The van der Waals surface area contributed by atoms with Crippen LogP contribution < -0.4 is 5.32 Å². The quantitative estimate of drug-likeness (QED) is 0.873. The van der Waals surface area contributed by atoms with Gasteiger partial charge in [0.05, 0.1) is 12.7 Å². The smallest absolute Gasteiger partial charge is 0.341 e. The number of anilines is 1. The van der Waals surface area contributed by atoms with Gasteiger partial charge in [-0.1, -0.05) is 6.92 Å². The average molecular weight is 333 g/mol. The molecule has 1 amide bonds. The molecule has 2 aromatic heterocycles. The van der Waals surface area contributed by atoms with Crippen molar-refractivity contribution in [3.05, 3.63) is 34.5 Å². The first-order valence-electron chi connectivity index (χ1n) is 7.58. The van der Waals surface area contributed by atoms with Gasteiger partial charge in [0.1, 0.15) is 11.5 Å². The van der Waals surface area contributed by atoms with Crippen molar-refractivity contribution >= 4 is 28.2 Å². The van der Waals surface area contributed by atoms with E-state index in [0.717, 1.165) is 24.8 Å². The zero-order valence-electron chi connectivity index (χ0n) is 13.2. The third-order valence-electron chi connectivity index (χ3n) is 4.02. The van der Waals surface area contributed by atoms with E-state index in [1.54, 1.807) is 23.1 Å². The summed E-state index contributed by atoms with van der Waals surface area (Å²) < 4.78 is 6.46. The number of amides is 1. The number of fused-ring (bicyclic) bond motifs is 1. The van der Waals surface area contributed by atoms with E-state index in [-0.39, 0.29) is 18.4 Å². The maximum atomic E-state index is 12.2. The molecule has 2 heterocycles.